The fraction of sp³-hybridized carbons (Fsp3) is 0.250. The van der Waals surface area contributed by atoms with Crippen molar-refractivity contribution in [1.29, 1.82) is 0 Å². The van der Waals surface area contributed by atoms with E-state index >= 15 is 0 Å². The Kier molecular flexibility index (Phi) is 6.03. The Bertz CT molecular complexity index is 619. The topological polar surface area (TPSA) is 12.0 Å². The summed E-state index contributed by atoms with van der Waals surface area (Å²) in [4.78, 5) is 1.09. The maximum atomic E-state index is 13.8. The SMILES string of the molecule is CCCNCc1ccc(Cl)cc1Sc1cc(F)ccc1F. The highest BCUT2D eigenvalue weighted by Gasteiger charge is 2.10. The molecule has 0 saturated heterocycles. The van der Waals surface area contributed by atoms with Crippen molar-refractivity contribution in [3.05, 3.63) is 58.6 Å². The Morgan fingerprint density at radius 3 is 2.67 bits per heavy atom. The summed E-state index contributed by atoms with van der Waals surface area (Å²) < 4.78 is 27.0. The smallest absolute Gasteiger partial charge is 0.137 e. The first-order valence-electron chi connectivity index (χ1n) is 6.72. The van der Waals surface area contributed by atoms with Crippen LogP contribution in [0.3, 0.4) is 0 Å². The molecular formula is C16H16ClF2NS. The van der Waals surface area contributed by atoms with E-state index < -0.39 is 11.6 Å². The zero-order valence-corrected chi connectivity index (χ0v) is 13.2. The Morgan fingerprint density at radius 1 is 1.10 bits per heavy atom. The van der Waals surface area contributed by atoms with Crippen LogP contribution in [0.1, 0.15) is 18.9 Å². The highest BCUT2D eigenvalue weighted by atomic mass is 35.5. The zero-order chi connectivity index (χ0) is 15.2. The van der Waals surface area contributed by atoms with E-state index in [0.717, 1.165) is 35.6 Å². The summed E-state index contributed by atoms with van der Waals surface area (Å²) >= 11 is 7.20. The molecule has 2 aromatic carbocycles. The first-order valence-corrected chi connectivity index (χ1v) is 7.91. The molecule has 0 atom stereocenters. The van der Waals surface area contributed by atoms with Crippen molar-refractivity contribution in [2.24, 2.45) is 0 Å². The number of halogens is 3. The Labute approximate surface area is 132 Å². The minimum absolute atomic E-state index is 0.258. The molecule has 0 radical (unpaired) electrons. The van der Waals surface area contributed by atoms with Gasteiger partial charge in [0, 0.05) is 16.5 Å². The van der Waals surface area contributed by atoms with Crippen molar-refractivity contribution in [1.82, 2.24) is 5.32 Å². The minimum Gasteiger partial charge on any atom is -0.313 e. The third-order valence-corrected chi connectivity index (χ3v) is 4.25. The molecule has 5 heteroatoms. The second-order valence-corrected chi connectivity index (χ2v) is 6.13. The van der Waals surface area contributed by atoms with Gasteiger partial charge in [0.25, 0.3) is 0 Å². The molecule has 0 aliphatic heterocycles. The number of hydrogen-bond donors (Lipinski definition) is 1. The van der Waals surface area contributed by atoms with Gasteiger partial charge >= 0.3 is 0 Å². The molecule has 0 unspecified atom stereocenters. The monoisotopic (exact) mass is 327 g/mol. The normalized spacial score (nSPS) is 10.9. The van der Waals surface area contributed by atoms with Gasteiger partial charge in [0.15, 0.2) is 0 Å². The highest BCUT2D eigenvalue weighted by Crippen LogP contribution is 2.34. The van der Waals surface area contributed by atoms with Crippen LogP contribution >= 0.6 is 23.4 Å². The predicted octanol–water partition coefficient (Wildman–Crippen LogP) is 5.27. The van der Waals surface area contributed by atoms with Gasteiger partial charge in [0.05, 0.1) is 4.90 Å². The van der Waals surface area contributed by atoms with Gasteiger partial charge in [-0.05, 0) is 48.9 Å². The summed E-state index contributed by atoms with van der Waals surface area (Å²) in [5, 5.41) is 3.88. The molecule has 2 rings (SSSR count). The van der Waals surface area contributed by atoms with Crippen molar-refractivity contribution in [2.45, 2.75) is 29.7 Å². The van der Waals surface area contributed by atoms with Crippen LogP contribution < -0.4 is 5.32 Å². The number of benzene rings is 2. The van der Waals surface area contributed by atoms with Gasteiger partial charge in [0.1, 0.15) is 11.6 Å². The largest absolute Gasteiger partial charge is 0.313 e. The fourth-order valence-corrected chi connectivity index (χ4v) is 3.11. The molecule has 2 aromatic rings. The molecule has 0 amide bonds. The summed E-state index contributed by atoms with van der Waals surface area (Å²) in [5.41, 5.74) is 1.02. The maximum absolute atomic E-state index is 13.8. The third kappa shape index (κ3) is 4.70. The van der Waals surface area contributed by atoms with Crippen LogP contribution in [0.4, 0.5) is 8.78 Å². The maximum Gasteiger partial charge on any atom is 0.137 e. The molecule has 0 bridgehead atoms. The Morgan fingerprint density at radius 2 is 1.90 bits per heavy atom. The molecule has 1 N–H and O–H groups in total. The van der Waals surface area contributed by atoms with E-state index in [-0.39, 0.29) is 4.90 Å². The second-order valence-electron chi connectivity index (χ2n) is 4.61. The molecule has 21 heavy (non-hydrogen) atoms. The molecule has 0 aliphatic rings. The molecule has 0 aliphatic carbocycles. The van der Waals surface area contributed by atoms with E-state index in [0.29, 0.717) is 11.6 Å². The van der Waals surface area contributed by atoms with Gasteiger partial charge < -0.3 is 5.32 Å². The van der Waals surface area contributed by atoms with Crippen LogP contribution in [-0.2, 0) is 6.54 Å². The Balaban J connectivity index is 2.25. The number of nitrogens with one attached hydrogen (secondary N) is 1. The predicted molar refractivity (Wildman–Crippen MR) is 83.9 cm³/mol. The van der Waals surface area contributed by atoms with Crippen LogP contribution in [0, 0.1) is 11.6 Å². The standard InChI is InChI=1S/C16H16ClF2NS/c1-2-7-20-10-11-3-4-12(17)8-15(11)21-16-9-13(18)5-6-14(16)19/h3-6,8-9,20H,2,7,10H2,1H3. The van der Waals surface area contributed by atoms with Crippen molar-refractivity contribution in [3.63, 3.8) is 0 Å². The van der Waals surface area contributed by atoms with Crippen LogP contribution in [0.15, 0.2) is 46.2 Å². The molecule has 0 spiro atoms. The average molecular weight is 328 g/mol. The van der Waals surface area contributed by atoms with Gasteiger partial charge in [-0.25, -0.2) is 8.78 Å². The average Bonchev–Trinajstić information content (AvgIpc) is 2.45. The lowest BCUT2D eigenvalue weighted by Crippen LogP contribution is -2.14. The van der Waals surface area contributed by atoms with Crippen molar-refractivity contribution >= 4 is 23.4 Å². The molecule has 0 fully saturated rings. The van der Waals surface area contributed by atoms with Gasteiger partial charge in [-0.2, -0.15) is 0 Å². The Hall–Kier alpha value is -1.10. The zero-order valence-electron chi connectivity index (χ0n) is 11.6. The molecule has 112 valence electrons. The van der Waals surface area contributed by atoms with Crippen LogP contribution in [-0.4, -0.2) is 6.54 Å². The highest BCUT2D eigenvalue weighted by molar-refractivity contribution is 7.99. The van der Waals surface area contributed by atoms with E-state index in [1.807, 2.05) is 6.07 Å². The molecule has 0 heterocycles. The first-order chi connectivity index (χ1) is 10.1. The number of rotatable bonds is 6. The molecular weight excluding hydrogens is 312 g/mol. The van der Waals surface area contributed by atoms with Crippen LogP contribution in [0.5, 0.6) is 0 Å². The van der Waals surface area contributed by atoms with Gasteiger partial charge in [-0.1, -0.05) is 36.4 Å². The fourth-order valence-electron chi connectivity index (χ4n) is 1.84. The molecule has 0 aromatic heterocycles. The van der Waals surface area contributed by atoms with E-state index in [1.54, 1.807) is 12.1 Å². The lowest BCUT2D eigenvalue weighted by molar-refractivity contribution is 0.577. The summed E-state index contributed by atoms with van der Waals surface area (Å²) in [7, 11) is 0. The first kappa shape index (κ1) is 16.3. The second kappa shape index (κ2) is 7.78. The van der Waals surface area contributed by atoms with Crippen molar-refractivity contribution in [2.75, 3.05) is 6.54 Å². The van der Waals surface area contributed by atoms with E-state index in [9.17, 15) is 8.78 Å². The van der Waals surface area contributed by atoms with E-state index in [2.05, 4.69) is 12.2 Å². The van der Waals surface area contributed by atoms with Gasteiger partial charge in [-0.3, -0.25) is 0 Å². The molecule has 0 saturated carbocycles. The third-order valence-electron chi connectivity index (χ3n) is 2.88. The van der Waals surface area contributed by atoms with Gasteiger partial charge in [0.2, 0.25) is 0 Å². The summed E-state index contributed by atoms with van der Waals surface area (Å²) in [6.45, 7) is 3.66. The number of hydrogen-bond acceptors (Lipinski definition) is 2. The van der Waals surface area contributed by atoms with E-state index in [4.69, 9.17) is 11.6 Å². The quantitative estimate of drug-likeness (QED) is 0.725. The van der Waals surface area contributed by atoms with Crippen molar-refractivity contribution < 1.29 is 8.78 Å². The van der Waals surface area contributed by atoms with Crippen molar-refractivity contribution in [3.8, 4) is 0 Å². The summed E-state index contributed by atoms with van der Waals surface area (Å²) in [5.74, 6) is -0.888. The van der Waals surface area contributed by atoms with Crippen LogP contribution in [0.25, 0.3) is 0 Å². The summed E-state index contributed by atoms with van der Waals surface area (Å²) in [6.07, 6.45) is 1.04. The van der Waals surface area contributed by atoms with Crippen LogP contribution in [0.2, 0.25) is 5.02 Å². The van der Waals surface area contributed by atoms with E-state index in [1.165, 1.54) is 17.8 Å². The summed E-state index contributed by atoms with van der Waals surface area (Å²) in [6, 6.07) is 8.93. The molecule has 1 nitrogen and oxygen atoms in total. The lowest BCUT2D eigenvalue weighted by Gasteiger charge is -2.11. The minimum atomic E-state index is -0.452. The lowest BCUT2D eigenvalue weighted by atomic mass is 10.2. The van der Waals surface area contributed by atoms with Gasteiger partial charge in [-0.15, -0.1) is 0 Å².